The molecule has 0 aliphatic carbocycles. The monoisotopic (exact) mass is 341 g/mol. The van der Waals surface area contributed by atoms with Gasteiger partial charge in [-0.25, -0.2) is 13.4 Å². The van der Waals surface area contributed by atoms with Gasteiger partial charge in [-0.05, 0) is 25.5 Å². The first-order chi connectivity index (χ1) is 9.86. The van der Waals surface area contributed by atoms with E-state index in [1.807, 2.05) is 31.2 Å². The van der Waals surface area contributed by atoms with Crippen molar-refractivity contribution in [3.8, 4) is 10.6 Å². The Morgan fingerprint density at radius 3 is 2.27 bits per heavy atom. The Morgan fingerprint density at radius 2 is 1.68 bits per heavy atom. The van der Waals surface area contributed by atoms with Crippen molar-refractivity contribution in [2.45, 2.75) is 18.7 Å². The summed E-state index contributed by atoms with van der Waals surface area (Å²) in [6.07, 6.45) is 0. The zero-order valence-corrected chi connectivity index (χ0v) is 16.1. The summed E-state index contributed by atoms with van der Waals surface area (Å²) in [5, 5.41) is 0.709. The van der Waals surface area contributed by atoms with Gasteiger partial charge in [-0.2, -0.15) is 0 Å². The van der Waals surface area contributed by atoms with Crippen LogP contribution in [0.5, 0.6) is 0 Å². The van der Waals surface area contributed by atoms with Crippen molar-refractivity contribution in [3.05, 3.63) is 47.5 Å². The first-order valence-corrected chi connectivity index (χ1v) is 8.52. The molecule has 0 atom stereocenters. The fraction of sp³-hybridized carbons (Fsp3) is 0.133. The van der Waals surface area contributed by atoms with Gasteiger partial charge in [0.25, 0.3) is 0 Å². The molecule has 3 aromatic rings. The molecule has 0 aliphatic rings. The first-order valence-electron chi connectivity index (χ1n) is 6.29. The predicted molar refractivity (Wildman–Crippen MR) is 82.5 cm³/mol. The van der Waals surface area contributed by atoms with Gasteiger partial charge < -0.3 is 4.55 Å². The number of benzene rings is 2. The van der Waals surface area contributed by atoms with Crippen molar-refractivity contribution in [2.75, 3.05) is 0 Å². The molecule has 0 saturated carbocycles. The molecule has 7 heteroatoms. The molecule has 0 spiro atoms. The Kier molecular flexibility index (Phi) is 5.11. The molecule has 108 valence electrons. The van der Waals surface area contributed by atoms with E-state index in [0.717, 1.165) is 11.1 Å². The minimum Gasteiger partial charge on any atom is -0.744 e. The standard InChI is InChI=1S/C15H13NO3S2.Na/c1-9-3-6-11(7-4-9)15-16-12-8-5-10(2)14(13(12)20-15)21(17,18)19;/h3-8H,1-2H3,(H,17,18,19);/q;+1/p-1. The van der Waals surface area contributed by atoms with Gasteiger partial charge in [0.15, 0.2) is 0 Å². The van der Waals surface area contributed by atoms with Crippen LogP contribution in [0.3, 0.4) is 0 Å². The number of fused-ring (bicyclic) bond motifs is 1. The average Bonchev–Trinajstić information content (AvgIpc) is 2.81. The van der Waals surface area contributed by atoms with E-state index in [4.69, 9.17) is 0 Å². The normalized spacial score (nSPS) is 11.4. The van der Waals surface area contributed by atoms with E-state index < -0.39 is 10.1 Å². The minimum absolute atomic E-state index is 0. The molecule has 1 heterocycles. The van der Waals surface area contributed by atoms with E-state index in [1.54, 1.807) is 19.1 Å². The zero-order valence-electron chi connectivity index (χ0n) is 12.5. The molecule has 0 fully saturated rings. The largest absolute Gasteiger partial charge is 1.00 e. The van der Waals surface area contributed by atoms with Gasteiger partial charge in [-0.1, -0.05) is 35.9 Å². The topological polar surface area (TPSA) is 70.1 Å². The second-order valence-corrected chi connectivity index (χ2v) is 7.21. The quantitative estimate of drug-likeness (QED) is 0.502. The second-order valence-electron chi connectivity index (χ2n) is 4.90. The van der Waals surface area contributed by atoms with E-state index in [9.17, 15) is 13.0 Å². The third kappa shape index (κ3) is 3.27. The molecule has 0 radical (unpaired) electrons. The zero-order chi connectivity index (χ0) is 15.2. The fourth-order valence-electron chi connectivity index (χ4n) is 2.20. The summed E-state index contributed by atoms with van der Waals surface area (Å²) in [4.78, 5) is 4.29. The maximum atomic E-state index is 11.5. The molecule has 3 rings (SSSR count). The van der Waals surface area contributed by atoms with E-state index >= 15 is 0 Å². The molecule has 1 aromatic heterocycles. The molecule has 0 unspecified atom stereocenters. The van der Waals surface area contributed by atoms with Crippen LogP contribution in [0.15, 0.2) is 41.3 Å². The van der Waals surface area contributed by atoms with Crippen molar-refractivity contribution in [1.82, 2.24) is 4.98 Å². The molecule has 0 N–H and O–H groups in total. The van der Waals surface area contributed by atoms with Crippen LogP contribution in [-0.4, -0.2) is 18.0 Å². The van der Waals surface area contributed by atoms with Gasteiger partial charge in [-0.15, -0.1) is 11.3 Å². The molecule has 0 aliphatic heterocycles. The van der Waals surface area contributed by atoms with Crippen molar-refractivity contribution in [3.63, 3.8) is 0 Å². The Labute approximate surface area is 155 Å². The van der Waals surface area contributed by atoms with Gasteiger partial charge in [0.05, 0.1) is 15.1 Å². The maximum absolute atomic E-state index is 11.5. The van der Waals surface area contributed by atoms with Crippen LogP contribution in [0.25, 0.3) is 20.8 Å². The van der Waals surface area contributed by atoms with E-state index in [-0.39, 0.29) is 34.5 Å². The van der Waals surface area contributed by atoms with Crippen LogP contribution < -0.4 is 29.6 Å². The number of rotatable bonds is 2. The maximum Gasteiger partial charge on any atom is 1.00 e. The van der Waals surface area contributed by atoms with Crippen LogP contribution in [-0.2, 0) is 10.1 Å². The van der Waals surface area contributed by atoms with Gasteiger partial charge in [0, 0.05) is 5.56 Å². The minimum atomic E-state index is -4.52. The summed E-state index contributed by atoms with van der Waals surface area (Å²) >= 11 is 1.23. The Bertz CT molecular complexity index is 931. The van der Waals surface area contributed by atoms with Crippen LogP contribution >= 0.6 is 11.3 Å². The number of aromatic nitrogens is 1. The van der Waals surface area contributed by atoms with Crippen molar-refractivity contribution in [1.29, 1.82) is 0 Å². The molecule has 22 heavy (non-hydrogen) atoms. The SMILES string of the molecule is Cc1ccc(-c2nc3ccc(C)c(S(=O)(=O)[O-])c3s2)cc1.[Na+]. The molecule has 0 bridgehead atoms. The van der Waals surface area contributed by atoms with E-state index in [2.05, 4.69) is 4.98 Å². The average molecular weight is 341 g/mol. The summed E-state index contributed by atoms with van der Waals surface area (Å²) < 4.78 is 34.9. The number of thiazole rings is 1. The van der Waals surface area contributed by atoms with E-state index in [0.29, 0.717) is 20.8 Å². The molecule has 2 aromatic carbocycles. The number of nitrogens with zero attached hydrogens (tertiary/aromatic N) is 1. The summed E-state index contributed by atoms with van der Waals surface area (Å²) in [5.74, 6) is 0. The Hall–Kier alpha value is -0.760. The van der Waals surface area contributed by atoms with Crippen LogP contribution in [0.2, 0.25) is 0 Å². The number of aryl methyl sites for hydroxylation is 2. The summed E-state index contributed by atoms with van der Waals surface area (Å²) in [7, 11) is -4.52. The summed E-state index contributed by atoms with van der Waals surface area (Å²) in [6.45, 7) is 3.61. The summed E-state index contributed by atoms with van der Waals surface area (Å²) in [5.41, 5.74) is 3.04. The third-order valence-corrected chi connectivity index (χ3v) is 5.55. The predicted octanol–water partition coefficient (Wildman–Crippen LogP) is 0.488. The second kappa shape index (κ2) is 6.39. The van der Waals surface area contributed by atoms with Gasteiger partial charge >= 0.3 is 29.6 Å². The first kappa shape index (κ1) is 17.6. The van der Waals surface area contributed by atoms with Crippen molar-refractivity contribution >= 4 is 31.7 Å². The van der Waals surface area contributed by atoms with Gasteiger partial charge in [-0.3, -0.25) is 0 Å². The Morgan fingerprint density at radius 1 is 1.05 bits per heavy atom. The van der Waals surface area contributed by atoms with Crippen molar-refractivity contribution < 1.29 is 42.5 Å². The summed E-state index contributed by atoms with van der Waals surface area (Å²) in [6, 6.07) is 11.2. The molecule has 0 saturated heterocycles. The van der Waals surface area contributed by atoms with Crippen LogP contribution in [0.4, 0.5) is 0 Å². The number of hydrogen-bond donors (Lipinski definition) is 0. The Balaban J connectivity index is 0.00000176. The smallest absolute Gasteiger partial charge is 0.744 e. The molecule has 0 amide bonds. The van der Waals surface area contributed by atoms with Crippen LogP contribution in [0.1, 0.15) is 11.1 Å². The van der Waals surface area contributed by atoms with Gasteiger partial charge in [0.2, 0.25) is 0 Å². The van der Waals surface area contributed by atoms with Crippen molar-refractivity contribution in [2.24, 2.45) is 0 Å². The molecule has 4 nitrogen and oxygen atoms in total. The third-order valence-electron chi connectivity index (χ3n) is 3.26. The molecular weight excluding hydrogens is 329 g/mol. The fourth-order valence-corrected chi connectivity index (χ4v) is 4.49. The van der Waals surface area contributed by atoms with E-state index in [1.165, 1.54) is 11.3 Å². The van der Waals surface area contributed by atoms with Crippen LogP contribution in [0, 0.1) is 13.8 Å². The number of hydrogen-bond acceptors (Lipinski definition) is 5. The van der Waals surface area contributed by atoms with Gasteiger partial charge in [0.1, 0.15) is 15.1 Å². The molecular formula is C15H12NNaO3S2.